The van der Waals surface area contributed by atoms with Gasteiger partial charge in [-0.3, -0.25) is 0 Å². The molecule has 1 aliphatic rings. The molecule has 0 saturated heterocycles. The highest BCUT2D eigenvalue weighted by atomic mass is 15.1. The topological polar surface area (TPSA) is 15.3 Å². The zero-order chi connectivity index (χ0) is 10.2. The van der Waals surface area contributed by atoms with Crippen molar-refractivity contribution in [3.63, 3.8) is 0 Å². The Hall–Kier alpha value is -0.0800. The second-order valence-electron chi connectivity index (χ2n) is 4.66. The fourth-order valence-electron chi connectivity index (χ4n) is 1.98. The Morgan fingerprint density at radius 2 is 2.07 bits per heavy atom. The normalized spacial score (nSPS) is 17.4. The Kier molecular flexibility index (Phi) is 6.20. The number of nitrogens with zero attached hydrogens (tertiary/aromatic N) is 1. The van der Waals surface area contributed by atoms with Crippen molar-refractivity contribution < 1.29 is 0 Å². The van der Waals surface area contributed by atoms with Crippen LogP contribution in [0.3, 0.4) is 0 Å². The molecule has 0 spiro atoms. The first kappa shape index (κ1) is 12.0. The van der Waals surface area contributed by atoms with Crippen LogP contribution in [0, 0.1) is 5.92 Å². The Morgan fingerprint density at radius 1 is 1.29 bits per heavy atom. The van der Waals surface area contributed by atoms with E-state index in [1.807, 2.05) is 0 Å². The SMILES string of the molecule is CCCNCCCN(C)CC1CCC1. The van der Waals surface area contributed by atoms with E-state index in [9.17, 15) is 0 Å². The minimum atomic E-state index is 1.02. The highest BCUT2D eigenvalue weighted by Gasteiger charge is 2.18. The minimum absolute atomic E-state index is 1.02. The van der Waals surface area contributed by atoms with Crippen LogP contribution in [0.5, 0.6) is 0 Å². The van der Waals surface area contributed by atoms with Gasteiger partial charge in [0, 0.05) is 6.54 Å². The van der Waals surface area contributed by atoms with Crippen molar-refractivity contribution in [3.05, 3.63) is 0 Å². The van der Waals surface area contributed by atoms with E-state index in [1.54, 1.807) is 0 Å². The van der Waals surface area contributed by atoms with Crippen LogP contribution < -0.4 is 5.32 Å². The highest BCUT2D eigenvalue weighted by molar-refractivity contribution is 4.72. The van der Waals surface area contributed by atoms with Crippen molar-refractivity contribution in [2.75, 3.05) is 33.2 Å². The minimum Gasteiger partial charge on any atom is -0.317 e. The third kappa shape index (κ3) is 4.97. The van der Waals surface area contributed by atoms with E-state index in [0.29, 0.717) is 0 Å². The van der Waals surface area contributed by atoms with Gasteiger partial charge in [0.05, 0.1) is 0 Å². The predicted molar refractivity (Wildman–Crippen MR) is 62.6 cm³/mol. The molecule has 1 aliphatic carbocycles. The van der Waals surface area contributed by atoms with Crippen LogP contribution in [0.15, 0.2) is 0 Å². The first-order valence-corrected chi connectivity index (χ1v) is 6.22. The van der Waals surface area contributed by atoms with Crippen molar-refractivity contribution in [3.8, 4) is 0 Å². The Labute approximate surface area is 89.1 Å². The van der Waals surface area contributed by atoms with Crippen molar-refractivity contribution in [1.82, 2.24) is 10.2 Å². The molecule has 0 aromatic rings. The highest BCUT2D eigenvalue weighted by Crippen LogP contribution is 2.26. The molecule has 0 radical (unpaired) electrons. The van der Waals surface area contributed by atoms with Gasteiger partial charge in [-0.25, -0.2) is 0 Å². The molecule has 84 valence electrons. The molecule has 2 heteroatoms. The lowest BCUT2D eigenvalue weighted by atomic mass is 9.85. The van der Waals surface area contributed by atoms with E-state index in [1.165, 1.54) is 58.3 Å². The maximum atomic E-state index is 3.45. The molecular weight excluding hydrogens is 172 g/mol. The molecule has 0 amide bonds. The summed E-state index contributed by atoms with van der Waals surface area (Å²) in [4.78, 5) is 2.50. The summed E-state index contributed by atoms with van der Waals surface area (Å²) in [6.45, 7) is 7.16. The summed E-state index contributed by atoms with van der Waals surface area (Å²) in [6.07, 6.45) is 6.95. The predicted octanol–water partition coefficient (Wildman–Crippen LogP) is 2.11. The molecule has 0 aromatic heterocycles. The molecule has 0 aliphatic heterocycles. The van der Waals surface area contributed by atoms with Gasteiger partial charge in [0.15, 0.2) is 0 Å². The molecule has 0 unspecified atom stereocenters. The molecule has 1 N–H and O–H groups in total. The number of hydrogen-bond acceptors (Lipinski definition) is 2. The van der Waals surface area contributed by atoms with Crippen molar-refractivity contribution in [1.29, 1.82) is 0 Å². The summed E-state index contributed by atoms with van der Waals surface area (Å²) in [5.74, 6) is 1.02. The van der Waals surface area contributed by atoms with Gasteiger partial charge in [-0.15, -0.1) is 0 Å². The van der Waals surface area contributed by atoms with E-state index in [2.05, 4.69) is 24.2 Å². The maximum Gasteiger partial charge on any atom is 0.000661 e. The number of nitrogens with one attached hydrogen (secondary N) is 1. The van der Waals surface area contributed by atoms with Gasteiger partial charge in [0.2, 0.25) is 0 Å². The summed E-state index contributed by atoms with van der Waals surface area (Å²) in [7, 11) is 2.26. The van der Waals surface area contributed by atoms with Crippen LogP contribution in [0.25, 0.3) is 0 Å². The van der Waals surface area contributed by atoms with Crippen LogP contribution >= 0.6 is 0 Å². The van der Waals surface area contributed by atoms with Gasteiger partial charge >= 0.3 is 0 Å². The fourth-order valence-corrected chi connectivity index (χ4v) is 1.98. The molecule has 1 rings (SSSR count). The molecule has 0 aromatic carbocycles. The molecule has 1 fully saturated rings. The Balaban J connectivity index is 1.84. The van der Waals surface area contributed by atoms with Crippen molar-refractivity contribution in [2.45, 2.75) is 39.0 Å². The Morgan fingerprint density at radius 3 is 2.64 bits per heavy atom. The molecule has 2 nitrogen and oxygen atoms in total. The van der Waals surface area contributed by atoms with Gasteiger partial charge < -0.3 is 10.2 Å². The molecule has 0 atom stereocenters. The summed E-state index contributed by atoms with van der Waals surface area (Å²) >= 11 is 0. The maximum absolute atomic E-state index is 3.45. The van der Waals surface area contributed by atoms with Crippen LogP contribution in [0.2, 0.25) is 0 Å². The molecule has 0 heterocycles. The lowest BCUT2D eigenvalue weighted by molar-refractivity contribution is 0.204. The summed E-state index contributed by atoms with van der Waals surface area (Å²) < 4.78 is 0. The van der Waals surface area contributed by atoms with Crippen LogP contribution in [-0.2, 0) is 0 Å². The van der Waals surface area contributed by atoms with Gasteiger partial charge in [-0.05, 0) is 58.3 Å². The first-order valence-electron chi connectivity index (χ1n) is 6.22. The van der Waals surface area contributed by atoms with Gasteiger partial charge in [-0.1, -0.05) is 13.3 Å². The van der Waals surface area contributed by atoms with Crippen molar-refractivity contribution >= 4 is 0 Å². The lowest BCUT2D eigenvalue weighted by Gasteiger charge is -2.30. The molecule has 0 bridgehead atoms. The third-order valence-electron chi connectivity index (χ3n) is 3.11. The van der Waals surface area contributed by atoms with E-state index in [-0.39, 0.29) is 0 Å². The zero-order valence-electron chi connectivity index (χ0n) is 9.89. The van der Waals surface area contributed by atoms with E-state index >= 15 is 0 Å². The standard InChI is InChI=1S/C12H26N2/c1-3-8-13-9-5-10-14(2)11-12-6-4-7-12/h12-13H,3-11H2,1-2H3. The van der Waals surface area contributed by atoms with E-state index < -0.39 is 0 Å². The summed E-state index contributed by atoms with van der Waals surface area (Å²) in [5.41, 5.74) is 0. The smallest absolute Gasteiger partial charge is 0.000661 e. The zero-order valence-corrected chi connectivity index (χ0v) is 9.89. The third-order valence-corrected chi connectivity index (χ3v) is 3.11. The molecule has 1 saturated carbocycles. The van der Waals surface area contributed by atoms with E-state index in [0.717, 1.165) is 5.92 Å². The largest absolute Gasteiger partial charge is 0.317 e. The monoisotopic (exact) mass is 198 g/mol. The van der Waals surface area contributed by atoms with Gasteiger partial charge in [0.25, 0.3) is 0 Å². The van der Waals surface area contributed by atoms with Crippen LogP contribution in [0.1, 0.15) is 39.0 Å². The van der Waals surface area contributed by atoms with Crippen LogP contribution in [-0.4, -0.2) is 38.1 Å². The van der Waals surface area contributed by atoms with Crippen LogP contribution in [0.4, 0.5) is 0 Å². The van der Waals surface area contributed by atoms with E-state index in [4.69, 9.17) is 0 Å². The van der Waals surface area contributed by atoms with Gasteiger partial charge in [-0.2, -0.15) is 0 Å². The summed E-state index contributed by atoms with van der Waals surface area (Å²) in [5, 5.41) is 3.45. The average Bonchev–Trinajstić information content (AvgIpc) is 2.11. The number of hydrogen-bond donors (Lipinski definition) is 1. The average molecular weight is 198 g/mol. The second-order valence-corrected chi connectivity index (χ2v) is 4.66. The first-order chi connectivity index (χ1) is 6.83. The summed E-state index contributed by atoms with van der Waals surface area (Å²) in [6, 6.07) is 0. The quantitative estimate of drug-likeness (QED) is 0.601. The molecule has 14 heavy (non-hydrogen) atoms. The lowest BCUT2D eigenvalue weighted by Crippen LogP contribution is -2.31. The van der Waals surface area contributed by atoms with Crippen molar-refractivity contribution in [2.24, 2.45) is 5.92 Å². The van der Waals surface area contributed by atoms with Gasteiger partial charge in [0.1, 0.15) is 0 Å². The second kappa shape index (κ2) is 7.24. The molecular formula is C12H26N2. The Bertz CT molecular complexity index is 132. The fraction of sp³-hybridized carbons (Fsp3) is 1.00. The number of rotatable bonds is 8.